The van der Waals surface area contributed by atoms with Gasteiger partial charge in [0, 0.05) is 12.2 Å². The number of aliphatic hydroxyl groups excluding tert-OH is 1. The molecule has 0 spiro atoms. The highest BCUT2D eigenvalue weighted by molar-refractivity contribution is 5.90. The van der Waals surface area contributed by atoms with E-state index in [0.717, 1.165) is 0 Å². The van der Waals surface area contributed by atoms with Gasteiger partial charge < -0.3 is 15.2 Å². The molecule has 2 unspecified atom stereocenters. The predicted octanol–water partition coefficient (Wildman–Crippen LogP) is 1.53. The predicted molar refractivity (Wildman–Crippen MR) is 72.1 cm³/mol. The van der Waals surface area contributed by atoms with Crippen molar-refractivity contribution in [3.63, 3.8) is 0 Å². The van der Waals surface area contributed by atoms with Crippen LogP contribution in [-0.2, 0) is 4.74 Å². The standard InChI is InChI=1S/C13H21N3O3/c1-5-19-12(18)11-7-14-13(16-10(11)4)15-8(2)6-9(3)17/h7-9,17H,5-6H2,1-4H3,(H,14,15,16). The molecule has 0 aliphatic carbocycles. The molecular weight excluding hydrogens is 246 g/mol. The second-order valence-electron chi connectivity index (χ2n) is 4.54. The Labute approximate surface area is 113 Å². The van der Waals surface area contributed by atoms with Crippen molar-refractivity contribution in [3.8, 4) is 0 Å². The first-order chi connectivity index (χ1) is 8.93. The molecule has 1 aromatic rings. The van der Waals surface area contributed by atoms with Crippen LogP contribution in [0.1, 0.15) is 43.2 Å². The van der Waals surface area contributed by atoms with E-state index in [4.69, 9.17) is 4.74 Å². The minimum atomic E-state index is -0.413. The maximum absolute atomic E-state index is 11.6. The van der Waals surface area contributed by atoms with Crippen LogP contribution in [0.25, 0.3) is 0 Å². The third kappa shape index (κ3) is 4.82. The number of aryl methyl sites for hydroxylation is 1. The molecule has 0 aromatic carbocycles. The summed E-state index contributed by atoms with van der Waals surface area (Å²) < 4.78 is 4.91. The van der Waals surface area contributed by atoms with Crippen molar-refractivity contribution in [2.45, 2.75) is 46.3 Å². The molecule has 0 aliphatic rings. The van der Waals surface area contributed by atoms with Gasteiger partial charge in [0.25, 0.3) is 0 Å². The lowest BCUT2D eigenvalue weighted by molar-refractivity contribution is 0.0524. The number of aromatic nitrogens is 2. The summed E-state index contributed by atoms with van der Waals surface area (Å²) in [5.41, 5.74) is 0.941. The lowest BCUT2D eigenvalue weighted by Gasteiger charge is -2.15. The Morgan fingerprint density at radius 2 is 2.21 bits per heavy atom. The molecule has 0 amide bonds. The van der Waals surface area contributed by atoms with Gasteiger partial charge in [-0.25, -0.2) is 14.8 Å². The van der Waals surface area contributed by atoms with Gasteiger partial charge in [0.05, 0.1) is 24.0 Å². The highest BCUT2D eigenvalue weighted by Gasteiger charge is 2.14. The molecule has 1 rings (SSSR count). The van der Waals surface area contributed by atoms with Crippen molar-refractivity contribution >= 4 is 11.9 Å². The molecule has 0 saturated carbocycles. The number of rotatable bonds is 6. The molecular formula is C13H21N3O3. The van der Waals surface area contributed by atoms with Crippen LogP contribution in [0.5, 0.6) is 0 Å². The molecule has 0 bridgehead atoms. The van der Waals surface area contributed by atoms with Crippen LogP contribution in [0.2, 0.25) is 0 Å². The molecule has 6 nitrogen and oxygen atoms in total. The summed E-state index contributed by atoms with van der Waals surface area (Å²) in [6.07, 6.45) is 1.67. The molecule has 2 atom stereocenters. The van der Waals surface area contributed by atoms with E-state index in [1.807, 2.05) is 6.92 Å². The van der Waals surface area contributed by atoms with E-state index in [9.17, 15) is 9.90 Å². The Bertz CT molecular complexity index is 435. The number of anilines is 1. The molecule has 0 aliphatic heterocycles. The fraction of sp³-hybridized carbons (Fsp3) is 0.615. The molecule has 0 radical (unpaired) electrons. The Balaban J connectivity index is 2.74. The Hall–Kier alpha value is -1.69. The van der Waals surface area contributed by atoms with E-state index in [-0.39, 0.29) is 12.1 Å². The molecule has 106 valence electrons. The van der Waals surface area contributed by atoms with Crippen molar-refractivity contribution < 1.29 is 14.6 Å². The number of ether oxygens (including phenoxy) is 1. The van der Waals surface area contributed by atoms with Crippen LogP contribution in [-0.4, -0.2) is 39.8 Å². The second-order valence-corrected chi connectivity index (χ2v) is 4.54. The average molecular weight is 267 g/mol. The van der Waals surface area contributed by atoms with Crippen LogP contribution in [0.15, 0.2) is 6.20 Å². The number of esters is 1. The van der Waals surface area contributed by atoms with Gasteiger partial charge in [-0.15, -0.1) is 0 Å². The number of nitrogens with zero attached hydrogens (tertiary/aromatic N) is 2. The lowest BCUT2D eigenvalue weighted by Crippen LogP contribution is -2.22. The van der Waals surface area contributed by atoms with Crippen molar-refractivity contribution in [2.75, 3.05) is 11.9 Å². The summed E-state index contributed by atoms with van der Waals surface area (Å²) in [6.45, 7) is 7.47. The monoisotopic (exact) mass is 267 g/mol. The van der Waals surface area contributed by atoms with Crippen molar-refractivity contribution in [2.24, 2.45) is 0 Å². The molecule has 19 heavy (non-hydrogen) atoms. The quantitative estimate of drug-likeness (QED) is 0.760. The van der Waals surface area contributed by atoms with E-state index >= 15 is 0 Å². The van der Waals surface area contributed by atoms with Gasteiger partial charge >= 0.3 is 5.97 Å². The molecule has 6 heteroatoms. The minimum absolute atomic E-state index is 0.0489. The molecule has 0 fully saturated rings. The third-order valence-corrected chi connectivity index (χ3v) is 2.54. The number of carbonyl (C=O) groups excluding carboxylic acids is 1. The van der Waals surface area contributed by atoms with E-state index < -0.39 is 5.97 Å². The number of hydrogen-bond donors (Lipinski definition) is 2. The lowest BCUT2D eigenvalue weighted by atomic mass is 10.1. The fourth-order valence-corrected chi connectivity index (χ4v) is 1.74. The van der Waals surface area contributed by atoms with E-state index in [0.29, 0.717) is 30.2 Å². The van der Waals surface area contributed by atoms with Gasteiger partial charge in [-0.3, -0.25) is 0 Å². The zero-order chi connectivity index (χ0) is 14.4. The number of carbonyl (C=O) groups is 1. The summed E-state index contributed by atoms with van der Waals surface area (Å²) in [4.78, 5) is 19.9. The van der Waals surface area contributed by atoms with Gasteiger partial charge in [0.2, 0.25) is 5.95 Å². The number of aliphatic hydroxyl groups is 1. The van der Waals surface area contributed by atoms with Crippen LogP contribution in [0.4, 0.5) is 5.95 Å². The zero-order valence-electron chi connectivity index (χ0n) is 11.8. The highest BCUT2D eigenvalue weighted by Crippen LogP contribution is 2.10. The van der Waals surface area contributed by atoms with E-state index in [2.05, 4.69) is 15.3 Å². The highest BCUT2D eigenvalue weighted by atomic mass is 16.5. The van der Waals surface area contributed by atoms with Gasteiger partial charge in [0.1, 0.15) is 0 Å². The zero-order valence-corrected chi connectivity index (χ0v) is 11.8. The Morgan fingerprint density at radius 1 is 1.53 bits per heavy atom. The smallest absolute Gasteiger partial charge is 0.341 e. The average Bonchev–Trinajstić information content (AvgIpc) is 2.27. The maximum Gasteiger partial charge on any atom is 0.341 e. The first-order valence-corrected chi connectivity index (χ1v) is 6.39. The Morgan fingerprint density at radius 3 is 2.74 bits per heavy atom. The van der Waals surface area contributed by atoms with Crippen LogP contribution >= 0.6 is 0 Å². The Kier molecular flexibility index (Phi) is 5.69. The van der Waals surface area contributed by atoms with E-state index in [1.165, 1.54) is 6.20 Å². The molecule has 2 N–H and O–H groups in total. The first kappa shape index (κ1) is 15.4. The van der Waals surface area contributed by atoms with Crippen LogP contribution in [0, 0.1) is 6.92 Å². The summed E-state index contributed by atoms with van der Waals surface area (Å²) >= 11 is 0. The first-order valence-electron chi connectivity index (χ1n) is 6.39. The van der Waals surface area contributed by atoms with Gasteiger partial charge in [-0.2, -0.15) is 0 Å². The molecule has 1 heterocycles. The van der Waals surface area contributed by atoms with Crippen LogP contribution < -0.4 is 5.32 Å². The van der Waals surface area contributed by atoms with Gasteiger partial charge in [-0.05, 0) is 34.1 Å². The van der Waals surface area contributed by atoms with Crippen LogP contribution in [0.3, 0.4) is 0 Å². The fourth-order valence-electron chi connectivity index (χ4n) is 1.74. The van der Waals surface area contributed by atoms with E-state index in [1.54, 1.807) is 20.8 Å². The normalized spacial score (nSPS) is 13.7. The van der Waals surface area contributed by atoms with Crippen molar-refractivity contribution in [1.29, 1.82) is 0 Å². The number of nitrogens with one attached hydrogen (secondary N) is 1. The largest absolute Gasteiger partial charge is 0.462 e. The molecule has 1 aromatic heterocycles. The maximum atomic E-state index is 11.6. The topological polar surface area (TPSA) is 84.3 Å². The minimum Gasteiger partial charge on any atom is -0.462 e. The van der Waals surface area contributed by atoms with Crippen molar-refractivity contribution in [1.82, 2.24) is 9.97 Å². The van der Waals surface area contributed by atoms with Gasteiger partial charge in [0.15, 0.2) is 0 Å². The summed E-state index contributed by atoms with van der Waals surface area (Å²) in [7, 11) is 0. The molecule has 0 saturated heterocycles. The summed E-state index contributed by atoms with van der Waals surface area (Å²) in [5, 5.41) is 12.4. The third-order valence-electron chi connectivity index (χ3n) is 2.54. The number of hydrogen-bond acceptors (Lipinski definition) is 6. The summed E-state index contributed by atoms with van der Waals surface area (Å²) in [6, 6.07) is 0.0489. The SMILES string of the molecule is CCOC(=O)c1cnc(NC(C)CC(C)O)nc1C. The summed E-state index contributed by atoms with van der Waals surface area (Å²) in [5.74, 6) is 0.0299. The second kappa shape index (κ2) is 7.04. The van der Waals surface area contributed by atoms with Crippen molar-refractivity contribution in [3.05, 3.63) is 17.5 Å². The van der Waals surface area contributed by atoms with Gasteiger partial charge in [-0.1, -0.05) is 0 Å².